The van der Waals surface area contributed by atoms with Crippen molar-refractivity contribution in [1.29, 1.82) is 0 Å². The maximum absolute atomic E-state index is 5.92. The number of alkyl halides is 1. The van der Waals surface area contributed by atoms with Crippen LogP contribution in [0.5, 0.6) is 0 Å². The number of nitrogens with zero attached hydrogens (tertiary/aromatic N) is 3. The molecular formula is C14H17BrClN3O. The molecular weight excluding hydrogens is 342 g/mol. The second kappa shape index (κ2) is 6.00. The van der Waals surface area contributed by atoms with E-state index in [1.165, 1.54) is 0 Å². The molecule has 1 aliphatic rings. The van der Waals surface area contributed by atoms with Gasteiger partial charge >= 0.3 is 0 Å². The Balaban J connectivity index is 2.07. The van der Waals surface area contributed by atoms with Crippen molar-refractivity contribution in [2.24, 2.45) is 5.92 Å². The zero-order valence-corrected chi connectivity index (χ0v) is 13.7. The van der Waals surface area contributed by atoms with Crippen LogP contribution in [0, 0.1) is 5.92 Å². The summed E-state index contributed by atoms with van der Waals surface area (Å²) < 4.78 is 8.71. The van der Waals surface area contributed by atoms with Gasteiger partial charge in [0.15, 0.2) is 5.65 Å². The van der Waals surface area contributed by atoms with E-state index in [1.54, 1.807) is 0 Å². The Labute approximate surface area is 131 Å². The Hall–Kier alpha value is -0.650. The van der Waals surface area contributed by atoms with E-state index < -0.39 is 0 Å². The minimum atomic E-state index is 0.328. The van der Waals surface area contributed by atoms with Crippen molar-refractivity contribution in [1.82, 2.24) is 14.5 Å². The van der Waals surface area contributed by atoms with Crippen LogP contribution >= 0.6 is 27.5 Å². The quantitative estimate of drug-likeness (QED) is 0.784. The molecule has 1 fully saturated rings. The molecule has 3 heterocycles. The van der Waals surface area contributed by atoms with Gasteiger partial charge in [-0.1, -0.05) is 0 Å². The van der Waals surface area contributed by atoms with Gasteiger partial charge in [0.2, 0.25) is 0 Å². The van der Waals surface area contributed by atoms with Gasteiger partial charge in [-0.05, 0) is 35.3 Å². The number of rotatable bonds is 4. The molecule has 2 atom stereocenters. The Morgan fingerprint density at radius 3 is 3.15 bits per heavy atom. The van der Waals surface area contributed by atoms with Crippen molar-refractivity contribution in [3.05, 3.63) is 22.6 Å². The van der Waals surface area contributed by atoms with Crippen molar-refractivity contribution < 1.29 is 4.74 Å². The third-order valence-corrected chi connectivity index (χ3v) is 4.56. The summed E-state index contributed by atoms with van der Waals surface area (Å²) >= 11 is 9.37. The molecule has 0 aromatic carbocycles. The highest BCUT2D eigenvalue weighted by Gasteiger charge is 2.27. The van der Waals surface area contributed by atoms with Gasteiger partial charge in [0.1, 0.15) is 11.3 Å². The molecule has 0 saturated carbocycles. The fourth-order valence-electron chi connectivity index (χ4n) is 2.84. The van der Waals surface area contributed by atoms with Gasteiger partial charge in [-0.2, -0.15) is 0 Å². The Bertz CT molecular complexity index is 610. The Morgan fingerprint density at radius 2 is 2.45 bits per heavy atom. The van der Waals surface area contributed by atoms with Gasteiger partial charge in [-0.15, -0.1) is 11.6 Å². The first-order chi connectivity index (χ1) is 9.70. The van der Waals surface area contributed by atoms with Crippen molar-refractivity contribution in [3.63, 3.8) is 0 Å². The van der Waals surface area contributed by atoms with Gasteiger partial charge in [0, 0.05) is 41.5 Å². The minimum absolute atomic E-state index is 0.328. The molecule has 0 amide bonds. The lowest BCUT2D eigenvalue weighted by atomic mass is 10.0. The zero-order chi connectivity index (χ0) is 14.1. The van der Waals surface area contributed by atoms with Crippen molar-refractivity contribution >= 4 is 38.7 Å². The van der Waals surface area contributed by atoms with E-state index in [1.807, 2.05) is 12.3 Å². The first-order valence-corrected chi connectivity index (χ1v) is 8.19. The number of aromatic nitrogens is 3. The SMILES string of the molecule is CC(C1CCOC1)n1c(CCCl)nc2cc(Br)cnc21. The van der Waals surface area contributed by atoms with Crippen LogP contribution < -0.4 is 0 Å². The molecule has 0 bridgehead atoms. The van der Waals surface area contributed by atoms with Crippen molar-refractivity contribution in [2.45, 2.75) is 25.8 Å². The maximum Gasteiger partial charge on any atom is 0.160 e. The van der Waals surface area contributed by atoms with Crippen LogP contribution in [0.1, 0.15) is 25.2 Å². The highest BCUT2D eigenvalue weighted by molar-refractivity contribution is 9.10. The highest BCUT2D eigenvalue weighted by Crippen LogP contribution is 2.30. The summed E-state index contributed by atoms with van der Waals surface area (Å²) in [7, 11) is 0. The summed E-state index contributed by atoms with van der Waals surface area (Å²) in [5.41, 5.74) is 1.86. The third-order valence-electron chi connectivity index (χ3n) is 3.94. The molecule has 3 rings (SSSR count). The topological polar surface area (TPSA) is 39.9 Å². The maximum atomic E-state index is 5.92. The predicted octanol–water partition coefficient (Wildman–Crippen LogP) is 3.57. The van der Waals surface area contributed by atoms with Gasteiger partial charge in [-0.3, -0.25) is 0 Å². The lowest BCUT2D eigenvalue weighted by Gasteiger charge is -2.21. The predicted molar refractivity (Wildman–Crippen MR) is 83.3 cm³/mol. The fraction of sp³-hybridized carbons (Fsp3) is 0.571. The lowest BCUT2D eigenvalue weighted by Crippen LogP contribution is -2.19. The highest BCUT2D eigenvalue weighted by atomic mass is 79.9. The van der Waals surface area contributed by atoms with Gasteiger partial charge in [0.25, 0.3) is 0 Å². The van der Waals surface area contributed by atoms with Crippen LogP contribution in [-0.4, -0.2) is 33.6 Å². The summed E-state index contributed by atoms with van der Waals surface area (Å²) in [6, 6.07) is 2.34. The van der Waals surface area contributed by atoms with Gasteiger partial charge in [0.05, 0.1) is 6.61 Å². The normalized spacial score (nSPS) is 20.6. The smallest absolute Gasteiger partial charge is 0.160 e. The van der Waals surface area contributed by atoms with Crippen LogP contribution in [0.15, 0.2) is 16.7 Å². The molecule has 0 aliphatic carbocycles. The fourth-order valence-corrected chi connectivity index (χ4v) is 3.33. The summed E-state index contributed by atoms with van der Waals surface area (Å²) in [4.78, 5) is 9.25. The monoisotopic (exact) mass is 357 g/mol. The number of imidazole rings is 1. The van der Waals surface area contributed by atoms with Crippen LogP contribution in [0.3, 0.4) is 0 Å². The summed E-state index contributed by atoms with van der Waals surface area (Å²) in [6.45, 7) is 3.89. The van der Waals surface area contributed by atoms with Crippen LogP contribution in [0.2, 0.25) is 0 Å². The van der Waals surface area contributed by atoms with Crippen LogP contribution in [0.25, 0.3) is 11.2 Å². The molecule has 1 saturated heterocycles. The minimum Gasteiger partial charge on any atom is -0.381 e. The Morgan fingerprint density at radius 1 is 1.60 bits per heavy atom. The number of ether oxygens (including phenoxy) is 1. The number of hydrogen-bond donors (Lipinski definition) is 0. The molecule has 108 valence electrons. The molecule has 0 spiro atoms. The Kier molecular flexibility index (Phi) is 4.29. The first-order valence-electron chi connectivity index (χ1n) is 6.86. The molecule has 2 aromatic heterocycles. The van der Waals surface area contributed by atoms with E-state index in [0.29, 0.717) is 17.8 Å². The zero-order valence-electron chi connectivity index (χ0n) is 11.4. The molecule has 6 heteroatoms. The number of halogens is 2. The number of hydrogen-bond acceptors (Lipinski definition) is 3. The van der Waals surface area contributed by atoms with E-state index in [9.17, 15) is 0 Å². The molecule has 20 heavy (non-hydrogen) atoms. The van der Waals surface area contributed by atoms with Crippen LogP contribution in [-0.2, 0) is 11.2 Å². The number of fused-ring (bicyclic) bond motifs is 1. The first kappa shape index (κ1) is 14.3. The van der Waals surface area contributed by atoms with E-state index in [4.69, 9.17) is 21.3 Å². The molecule has 2 unspecified atom stereocenters. The standard InChI is InChI=1S/C14H17BrClN3O/c1-9(10-3-5-20-8-10)19-13(2-4-16)18-12-6-11(15)7-17-14(12)19/h6-7,9-10H,2-5,8H2,1H3. The van der Waals surface area contributed by atoms with E-state index in [0.717, 1.165) is 47.5 Å². The average Bonchev–Trinajstić information content (AvgIpc) is 3.05. The number of aryl methyl sites for hydroxylation is 1. The van der Waals surface area contributed by atoms with Gasteiger partial charge in [-0.25, -0.2) is 9.97 Å². The molecule has 1 aliphatic heterocycles. The second-order valence-electron chi connectivity index (χ2n) is 5.20. The van der Waals surface area contributed by atoms with Crippen molar-refractivity contribution in [3.8, 4) is 0 Å². The van der Waals surface area contributed by atoms with E-state index >= 15 is 0 Å². The third kappa shape index (κ3) is 2.59. The summed E-state index contributed by atoms with van der Waals surface area (Å²) in [5, 5.41) is 0. The lowest BCUT2D eigenvalue weighted by molar-refractivity contribution is 0.175. The van der Waals surface area contributed by atoms with E-state index in [-0.39, 0.29) is 0 Å². The summed E-state index contributed by atoms with van der Waals surface area (Å²) in [5.74, 6) is 2.10. The average molecular weight is 359 g/mol. The van der Waals surface area contributed by atoms with Crippen molar-refractivity contribution in [2.75, 3.05) is 19.1 Å². The number of pyridine rings is 1. The van der Waals surface area contributed by atoms with Crippen LogP contribution in [0.4, 0.5) is 0 Å². The van der Waals surface area contributed by atoms with E-state index in [2.05, 4.69) is 32.4 Å². The molecule has 0 N–H and O–H groups in total. The molecule has 2 aromatic rings. The second-order valence-corrected chi connectivity index (χ2v) is 6.49. The summed E-state index contributed by atoms with van der Waals surface area (Å²) in [6.07, 6.45) is 3.67. The molecule has 0 radical (unpaired) electrons. The largest absolute Gasteiger partial charge is 0.381 e. The molecule has 4 nitrogen and oxygen atoms in total. The van der Waals surface area contributed by atoms with Gasteiger partial charge < -0.3 is 9.30 Å².